The van der Waals surface area contributed by atoms with Gasteiger partial charge in [0.15, 0.2) is 0 Å². The van der Waals surface area contributed by atoms with E-state index < -0.39 is 16.5 Å². The van der Waals surface area contributed by atoms with E-state index in [4.69, 9.17) is 0 Å². The molecule has 0 aliphatic carbocycles. The summed E-state index contributed by atoms with van der Waals surface area (Å²) in [6, 6.07) is 0. The lowest BCUT2D eigenvalue weighted by Crippen LogP contribution is -2.61. The Bertz CT molecular complexity index is 282. The molecule has 0 aromatic rings. The average Bonchev–Trinajstić information content (AvgIpc) is 2.37. The number of rotatable bonds is 5. The Labute approximate surface area is 167 Å². The first-order valence-electron chi connectivity index (χ1n) is 7.40. The lowest BCUT2D eigenvalue weighted by Gasteiger charge is -2.44. The second-order valence-corrected chi connectivity index (χ2v) is 23.0. The van der Waals surface area contributed by atoms with Gasteiger partial charge in [-0.3, -0.25) is 4.90 Å². The van der Waals surface area contributed by atoms with Crippen LogP contribution in [0.3, 0.4) is 0 Å². The largest absolute Gasteiger partial charge is 0.345 e. The molecule has 9 heteroatoms. The number of piperazine rings is 1. The summed E-state index contributed by atoms with van der Waals surface area (Å²) in [7, 11) is -2.31. The second-order valence-electron chi connectivity index (χ2n) is 7.21. The SMILES string of the molecule is C[Si](C)(C)N(CCN1CCNCC1)[Si](C)(C)C.IN=II. The Morgan fingerprint density at radius 3 is 1.86 bits per heavy atom. The van der Waals surface area contributed by atoms with Crippen molar-refractivity contribution in [1.82, 2.24) is 14.4 Å². The third-order valence-electron chi connectivity index (χ3n) is 3.49. The van der Waals surface area contributed by atoms with Crippen LogP contribution in [-0.4, -0.2) is 64.9 Å². The molecule has 0 spiro atoms. The van der Waals surface area contributed by atoms with Crippen LogP contribution >= 0.6 is 58.5 Å². The van der Waals surface area contributed by atoms with E-state index in [1.54, 1.807) is 0 Å². The highest BCUT2D eigenvalue weighted by molar-refractivity contribution is 15.0. The molecule has 128 valence electrons. The van der Waals surface area contributed by atoms with Gasteiger partial charge >= 0.3 is 0 Å². The molecule has 0 amide bonds. The topological polar surface area (TPSA) is 30.9 Å². The van der Waals surface area contributed by atoms with Crippen LogP contribution in [0.25, 0.3) is 0 Å². The summed E-state index contributed by atoms with van der Waals surface area (Å²) < 4.78 is 6.69. The number of hydrogen-bond acceptors (Lipinski definition) is 4. The standard InChI is InChI=1S/C12H31N3Si2.I3N/c1-16(2,3)15(17(4,5)6)12-11-14-9-7-13-8-10-14;1-3-4-2/h13H,7-12H2,1-6H3;. The van der Waals surface area contributed by atoms with Gasteiger partial charge in [0.1, 0.15) is 16.5 Å². The molecule has 0 unspecified atom stereocenters. The minimum atomic E-state index is -1.15. The molecule has 0 bridgehead atoms. The zero-order chi connectivity index (χ0) is 16.5. The van der Waals surface area contributed by atoms with Crippen LogP contribution in [0.1, 0.15) is 0 Å². The fourth-order valence-electron chi connectivity index (χ4n) is 2.85. The Balaban J connectivity index is 0.000000885. The maximum atomic E-state index is 3.80. The van der Waals surface area contributed by atoms with Crippen LogP contribution in [0, 0.1) is 0 Å². The fraction of sp³-hybridized carbons (Fsp3) is 1.00. The van der Waals surface area contributed by atoms with E-state index in [1.807, 2.05) is 22.9 Å². The molecule has 0 aromatic heterocycles. The number of hydrogen-bond donors (Lipinski definition) is 1. The Kier molecular flexibility index (Phi) is 13.1. The lowest BCUT2D eigenvalue weighted by atomic mass is 10.3. The predicted octanol–water partition coefficient (Wildman–Crippen LogP) is 4.70. The molecular formula is C12H31I3N4Si2. The summed E-state index contributed by atoms with van der Waals surface area (Å²) in [5, 5.41) is 3.42. The molecule has 1 saturated heterocycles. The van der Waals surface area contributed by atoms with Crippen LogP contribution in [0.15, 0.2) is 1.36 Å². The maximum Gasteiger partial charge on any atom is 0.112 e. The molecular weight excluding hydrogens is 637 g/mol. The Morgan fingerprint density at radius 1 is 1.10 bits per heavy atom. The number of nitrogens with one attached hydrogen (secondary N) is 1. The molecule has 21 heavy (non-hydrogen) atoms. The van der Waals surface area contributed by atoms with Gasteiger partial charge in [-0.15, -0.1) is 0 Å². The summed E-state index contributed by atoms with van der Waals surface area (Å²) in [5.41, 5.74) is 0. The lowest BCUT2D eigenvalue weighted by molar-refractivity contribution is 0.234. The highest BCUT2D eigenvalue weighted by Crippen LogP contribution is 2.19. The van der Waals surface area contributed by atoms with Gasteiger partial charge in [-0.1, -0.05) is 39.3 Å². The molecule has 0 atom stereocenters. The molecule has 1 aliphatic heterocycles. The van der Waals surface area contributed by atoms with Crippen molar-refractivity contribution in [3.63, 3.8) is 0 Å². The van der Waals surface area contributed by atoms with E-state index in [0.717, 1.165) is 0 Å². The van der Waals surface area contributed by atoms with Crippen molar-refractivity contribution in [2.45, 2.75) is 39.3 Å². The van der Waals surface area contributed by atoms with Gasteiger partial charge in [-0.2, -0.15) is 1.36 Å². The van der Waals surface area contributed by atoms with Gasteiger partial charge in [0, 0.05) is 51.3 Å². The molecule has 4 nitrogen and oxygen atoms in total. The van der Waals surface area contributed by atoms with E-state index in [1.165, 1.54) is 39.3 Å². The molecule has 1 rings (SSSR count). The zero-order valence-electron chi connectivity index (χ0n) is 14.2. The van der Waals surface area contributed by atoms with Gasteiger partial charge in [-0.05, 0) is 6.54 Å². The van der Waals surface area contributed by atoms with Gasteiger partial charge < -0.3 is 9.55 Å². The summed E-state index contributed by atoms with van der Waals surface area (Å²) in [5.74, 6) is 0. The van der Waals surface area contributed by atoms with Crippen LogP contribution in [-0.2, 0) is 0 Å². The maximum absolute atomic E-state index is 3.80. The molecule has 1 N–H and O–H groups in total. The van der Waals surface area contributed by atoms with Crippen molar-refractivity contribution in [3.05, 3.63) is 0 Å². The summed E-state index contributed by atoms with van der Waals surface area (Å²) in [4.78, 5) is 2.61. The van der Waals surface area contributed by atoms with Crippen LogP contribution in [0.5, 0.6) is 0 Å². The smallest absolute Gasteiger partial charge is 0.112 e. The van der Waals surface area contributed by atoms with Crippen molar-refractivity contribution in [2.75, 3.05) is 39.3 Å². The van der Waals surface area contributed by atoms with Crippen molar-refractivity contribution in [1.29, 1.82) is 0 Å². The van der Waals surface area contributed by atoms with E-state index in [0.29, 0.717) is 0 Å². The molecule has 1 fully saturated rings. The minimum absolute atomic E-state index is 0.192. The van der Waals surface area contributed by atoms with Crippen molar-refractivity contribution < 1.29 is 0 Å². The monoisotopic (exact) mass is 668 g/mol. The minimum Gasteiger partial charge on any atom is -0.345 e. The van der Waals surface area contributed by atoms with Crippen molar-refractivity contribution in [2.24, 2.45) is 1.36 Å². The molecule has 0 aromatic carbocycles. The third kappa shape index (κ3) is 11.5. The van der Waals surface area contributed by atoms with E-state index in [2.05, 4.69) is 73.7 Å². The Hall–Kier alpha value is 2.30. The average molecular weight is 668 g/mol. The van der Waals surface area contributed by atoms with Gasteiger partial charge in [0.2, 0.25) is 0 Å². The number of halogens is 3. The fourth-order valence-corrected chi connectivity index (χ4v) is 12.4. The first-order chi connectivity index (χ1) is 9.62. The Morgan fingerprint density at radius 2 is 1.52 bits per heavy atom. The normalized spacial score (nSPS) is 18.3. The van der Waals surface area contributed by atoms with Gasteiger partial charge in [0.25, 0.3) is 0 Å². The first-order valence-corrected chi connectivity index (χ1v) is 22.5. The molecule has 0 saturated carbocycles. The van der Waals surface area contributed by atoms with Gasteiger partial charge in [-0.25, -0.2) is 0 Å². The van der Waals surface area contributed by atoms with Crippen LogP contribution in [0.4, 0.5) is 0 Å². The van der Waals surface area contributed by atoms with Crippen LogP contribution < -0.4 is 5.32 Å². The summed E-state index contributed by atoms with van der Waals surface area (Å²) in [6.45, 7) is 22.3. The third-order valence-corrected chi connectivity index (χ3v) is 18.5. The van der Waals surface area contributed by atoms with E-state index in [9.17, 15) is 0 Å². The second kappa shape index (κ2) is 11.8. The molecule has 1 aliphatic rings. The summed E-state index contributed by atoms with van der Waals surface area (Å²) >= 11 is 4.50. The van der Waals surface area contributed by atoms with Crippen LogP contribution in [0.2, 0.25) is 39.3 Å². The predicted molar refractivity (Wildman–Crippen MR) is 127 cm³/mol. The molecule has 0 radical (unpaired) electrons. The van der Waals surface area contributed by atoms with Crippen molar-refractivity contribution in [3.8, 4) is 0 Å². The van der Waals surface area contributed by atoms with Gasteiger partial charge in [0.05, 0.1) is 39.9 Å². The molecule has 1 heterocycles. The first kappa shape index (κ1) is 23.3. The highest BCUT2D eigenvalue weighted by atomic mass is 128. The number of nitrogens with zero attached hydrogens (tertiary/aromatic N) is 3. The highest BCUT2D eigenvalue weighted by Gasteiger charge is 2.34. The van der Waals surface area contributed by atoms with E-state index in [-0.39, 0.29) is 17.1 Å². The summed E-state index contributed by atoms with van der Waals surface area (Å²) in [6.07, 6.45) is 0. The zero-order valence-corrected chi connectivity index (χ0v) is 22.7. The quantitative estimate of drug-likeness (QED) is 0.341. The van der Waals surface area contributed by atoms with E-state index >= 15 is 0 Å². The van der Waals surface area contributed by atoms with Crippen molar-refractivity contribution >= 4 is 75.0 Å².